The summed E-state index contributed by atoms with van der Waals surface area (Å²) in [6, 6.07) is 56.5. The topological polar surface area (TPSA) is 44.9 Å². The van der Waals surface area contributed by atoms with E-state index >= 15 is 0 Å². The Labute approximate surface area is 298 Å². The van der Waals surface area contributed by atoms with E-state index in [1.54, 1.807) is 0 Å². The molecular formula is C47H28N4O. The number of aromatic nitrogens is 4. The average molecular weight is 665 g/mol. The molecule has 0 saturated carbocycles. The molecule has 52 heavy (non-hydrogen) atoms. The van der Waals surface area contributed by atoms with E-state index in [0.717, 1.165) is 67.5 Å². The highest BCUT2D eigenvalue weighted by Gasteiger charge is 2.52. The third kappa shape index (κ3) is 3.38. The van der Waals surface area contributed by atoms with Gasteiger partial charge in [-0.05, 0) is 71.8 Å². The molecule has 5 heteroatoms. The van der Waals surface area contributed by atoms with Crippen molar-refractivity contribution in [1.82, 2.24) is 19.1 Å². The highest BCUT2D eigenvalue weighted by molar-refractivity contribution is 6.12. The van der Waals surface area contributed by atoms with Crippen molar-refractivity contribution in [2.75, 3.05) is 0 Å². The van der Waals surface area contributed by atoms with Crippen LogP contribution in [0.2, 0.25) is 0 Å². The van der Waals surface area contributed by atoms with Crippen molar-refractivity contribution in [3.63, 3.8) is 0 Å². The normalized spacial score (nSPS) is 13.7. The van der Waals surface area contributed by atoms with Crippen molar-refractivity contribution in [2.24, 2.45) is 0 Å². The zero-order chi connectivity index (χ0) is 34.0. The van der Waals surface area contributed by atoms with Gasteiger partial charge in [-0.3, -0.25) is 9.97 Å². The number of pyridine rings is 2. The Balaban J connectivity index is 1.16. The molecule has 0 fully saturated rings. The minimum absolute atomic E-state index is 0.643. The Kier molecular flexibility index (Phi) is 5.37. The molecular weight excluding hydrogens is 637 g/mol. The molecule has 0 unspecified atom stereocenters. The molecule has 1 aliphatic carbocycles. The second-order valence-electron chi connectivity index (χ2n) is 13.7. The monoisotopic (exact) mass is 664 g/mol. The van der Waals surface area contributed by atoms with Crippen LogP contribution in [-0.2, 0) is 5.41 Å². The number of benzene rings is 6. The van der Waals surface area contributed by atoms with Crippen LogP contribution in [0.3, 0.4) is 0 Å². The maximum absolute atomic E-state index is 7.06. The molecule has 2 aliphatic rings. The number of hydrogen-bond acceptors (Lipinski definition) is 3. The second-order valence-corrected chi connectivity index (χ2v) is 13.7. The lowest BCUT2D eigenvalue weighted by Gasteiger charge is -2.39. The summed E-state index contributed by atoms with van der Waals surface area (Å²) in [5.74, 6) is 1.67. The SMILES string of the molecule is c1ccc2c(c1)Oc1c(-n3c4ccccc4c4cc(-n5c6ccccc6c6ccccc65)ccc43)cccc1C21c2cccnc2-c2ncccc21. The van der Waals surface area contributed by atoms with Gasteiger partial charge >= 0.3 is 0 Å². The van der Waals surface area contributed by atoms with E-state index in [1.807, 2.05) is 24.5 Å². The van der Waals surface area contributed by atoms with E-state index in [9.17, 15) is 0 Å². The van der Waals surface area contributed by atoms with Gasteiger partial charge in [0, 0.05) is 50.8 Å². The number of fused-ring (bicyclic) bond motifs is 15. The van der Waals surface area contributed by atoms with Gasteiger partial charge in [0.05, 0.1) is 44.6 Å². The smallest absolute Gasteiger partial charge is 0.156 e. The van der Waals surface area contributed by atoms with E-state index in [4.69, 9.17) is 14.7 Å². The fraction of sp³-hybridized carbons (Fsp3) is 0.0213. The second kappa shape index (κ2) is 10.1. The number of hydrogen-bond donors (Lipinski definition) is 0. The molecule has 0 radical (unpaired) electrons. The van der Waals surface area contributed by atoms with E-state index < -0.39 is 5.41 Å². The van der Waals surface area contributed by atoms with Crippen LogP contribution < -0.4 is 4.74 Å². The van der Waals surface area contributed by atoms with Gasteiger partial charge in [-0.2, -0.15) is 0 Å². The van der Waals surface area contributed by atoms with Crippen molar-refractivity contribution in [3.05, 3.63) is 192 Å². The van der Waals surface area contributed by atoms with Crippen molar-refractivity contribution in [2.45, 2.75) is 5.41 Å². The minimum atomic E-state index is -0.643. The number of nitrogens with zero attached hydrogens (tertiary/aromatic N) is 4. The highest BCUT2D eigenvalue weighted by Crippen LogP contribution is 2.62. The predicted molar refractivity (Wildman–Crippen MR) is 208 cm³/mol. The van der Waals surface area contributed by atoms with Crippen LogP contribution in [0, 0.1) is 0 Å². The summed E-state index contributed by atoms with van der Waals surface area (Å²) in [5.41, 5.74) is 12.4. The van der Waals surface area contributed by atoms with Gasteiger partial charge in [-0.25, -0.2) is 0 Å². The van der Waals surface area contributed by atoms with Gasteiger partial charge in [0.15, 0.2) is 5.75 Å². The van der Waals surface area contributed by atoms with Gasteiger partial charge in [-0.15, -0.1) is 0 Å². The van der Waals surface area contributed by atoms with E-state index in [0.29, 0.717) is 0 Å². The minimum Gasteiger partial charge on any atom is -0.454 e. The predicted octanol–water partition coefficient (Wildman–Crippen LogP) is 11.1. The summed E-state index contributed by atoms with van der Waals surface area (Å²) < 4.78 is 11.8. The van der Waals surface area contributed by atoms with Crippen LogP contribution in [-0.4, -0.2) is 19.1 Å². The third-order valence-electron chi connectivity index (χ3n) is 11.3. The molecule has 6 aromatic carbocycles. The van der Waals surface area contributed by atoms with Crippen molar-refractivity contribution < 1.29 is 4.74 Å². The maximum atomic E-state index is 7.06. The molecule has 0 N–H and O–H groups in total. The van der Waals surface area contributed by atoms with Crippen LogP contribution in [0.1, 0.15) is 22.3 Å². The Morgan fingerprint density at radius 2 is 0.962 bits per heavy atom. The van der Waals surface area contributed by atoms with Crippen LogP contribution >= 0.6 is 0 Å². The molecule has 0 saturated heterocycles. The highest BCUT2D eigenvalue weighted by atomic mass is 16.5. The first-order valence-electron chi connectivity index (χ1n) is 17.7. The standard InChI is InChI=1S/C47H28N4O/c1-5-19-38-30(12-1)31-13-2-6-20-39(31)50(38)29-24-25-41-33(28-29)32-14-3-7-21-40(32)51(41)42-22-9-16-37-46(42)52-43-23-8-4-15-34(43)47(37)35-17-10-26-48-44(35)45-36(47)18-11-27-49-45/h1-28H. The lowest BCUT2D eigenvalue weighted by molar-refractivity contribution is 0.434. The summed E-state index contributed by atoms with van der Waals surface area (Å²) >= 11 is 0. The maximum Gasteiger partial charge on any atom is 0.156 e. The summed E-state index contributed by atoms with van der Waals surface area (Å²) in [5, 5.41) is 4.88. The molecule has 242 valence electrons. The van der Waals surface area contributed by atoms with Gasteiger partial charge < -0.3 is 13.9 Å². The fourth-order valence-corrected chi connectivity index (χ4v) is 9.30. The Bertz CT molecular complexity index is 3030. The van der Waals surface area contributed by atoms with E-state index in [1.165, 1.54) is 32.6 Å². The Hall–Kier alpha value is -6.98. The molecule has 0 bridgehead atoms. The van der Waals surface area contributed by atoms with E-state index in [-0.39, 0.29) is 0 Å². The summed E-state index contributed by atoms with van der Waals surface area (Å²) in [4.78, 5) is 9.81. The zero-order valence-electron chi connectivity index (χ0n) is 27.9. The molecule has 12 rings (SSSR count). The molecule has 5 nitrogen and oxygen atoms in total. The zero-order valence-corrected chi connectivity index (χ0v) is 27.9. The summed E-state index contributed by atoms with van der Waals surface area (Å²) in [6.45, 7) is 0. The fourth-order valence-electron chi connectivity index (χ4n) is 9.30. The van der Waals surface area contributed by atoms with Gasteiger partial charge in [0.25, 0.3) is 0 Å². The largest absolute Gasteiger partial charge is 0.454 e. The summed E-state index contributed by atoms with van der Waals surface area (Å²) in [7, 11) is 0. The third-order valence-corrected chi connectivity index (χ3v) is 11.3. The van der Waals surface area contributed by atoms with Crippen molar-refractivity contribution in [1.29, 1.82) is 0 Å². The van der Waals surface area contributed by atoms with Crippen LogP contribution in [0.4, 0.5) is 0 Å². The molecule has 4 aromatic heterocycles. The first-order valence-corrected chi connectivity index (χ1v) is 17.7. The van der Waals surface area contributed by atoms with Gasteiger partial charge in [0.2, 0.25) is 0 Å². The Morgan fingerprint density at radius 3 is 1.65 bits per heavy atom. The first kappa shape index (κ1) is 27.8. The molecule has 10 aromatic rings. The number of para-hydroxylation sites is 5. The first-order chi connectivity index (χ1) is 25.8. The average Bonchev–Trinajstić information content (AvgIpc) is 3.82. The summed E-state index contributed by atoms with van der Waals surface area (Å²) in [6.07, 6.45) is 3.73. The molecule has 1 spiro atoms. The molecule has 0 atom stereocenters. The van der Waals surface area contributed by atoms with E-state index in [2.05, 4.69) is 155 Å². The van der Waals surface area contributed by atoms with Crippen molar-refractivity contribution in [3.8, 4) is 34.3 Å². The van der Waals surface area contributed by atoms with Crippen LogP contribution in [0.25, 0.3) is 66.4 Å². The van der Waals surface area contributed by atoms with Crippen LogP contribution in [0.15, 0.2) is 170 Å². The quantitative estimate of drug-likeness (QED) is 0.185. The van der Waals surface area contributed by atoms with Crippen LogP contribution in [0.5, 0.6) is 11.5 Å². The lowest BCUT2D eigenvalue weighted by atomic mass is 9.66. The number of rotatable bonds is 2. The lowest BCUT2D eigenvalue weighted by Crippen LogP contribution is -2.32. The molecule has 1 aliphatic heterocycles. The van der Waals surface area contributed by atoms with Gasteiger partial charge in [0.1, 0.15) is 5.75 Å². The number of ether oxygens (including phenoxy) is 1. The van der Waals surface area contributed by atoms with Crippen molar-refractivity contribution >= 4 is 43.6 Å². The molecule has 5 heterocycles. The Morgan fingerprint density at radius 1 is 0.423 bits per heavy atom. The molecule has 0 amide bonds. The van der Waals surface area contributed by atoms with Gasteiger partial charge in [-0.1, -0.05) is 97.1 Å².